The van der Waals surface area contributed by atoms with Crippen LogP contribution in [-0.4, -0.2) is 18.4 Å². The van der Waals surface area contributed by atoms with Crippen LogP contribution in [0.25, 0.3) is 0 Å². The number of ketones is 1. The van der Waals surface area contributed by atoms with Crippen LogP contribution < -0.4 is 0 Å². The summed E-state index contributed by atoms with van der Waals surface area (Å²) < 4.78 is 4.69. The summed E-state index contributed by atoms with van der Waals surface area (Å²) >= 11 is 0. The summed E-state index contributed by atoms with van der Waals surface area (Å²) in [7, 11) is 0. The topological polar surface area (TPSA) is 43.4 Å². The first-order chi connectivity index (χ1) is 6.66. The highest BCUT2D eigenvalue weighted by Gasteiger charge is 1.91. The van der Waals surface area contributed by atoms with Gasteiger partial charge < -0.3 is 4.74 Å². The predicted molar refractivity (Wildman–Crippen MR) is 54.8 cm³/mol. The van der Waals surface area contributed by atoms with Crippen LogP contribution in [0.3, 0.4) is 0 Å². The molecule has 0 radical (unpaired) electrons. The van der Waals surface area contributed by atoms with Crippen molar-refractivity contribution >= 4 is 11.8 Å². The van der Waals surface area contributed by atoms with Crippen LogP contribution in [0, 0.1) is 0 Å². The SMILES string of the molecule is CCOC(=O)/C=C/CC/C=C/C(C)=O. The second kappa shape index (κ2) is 8.23. The fourth-order valence-corrected chi connectivity index (χ4v) is 0.812. The van der Waals surface area contributed by atoms with Crippen molar-refractivity contribution < 1.29 is 14.3 Å². The van der Waals surface area contributed by atoms with Crippen LogP contribution in [0.2, 0.25) is 0 Å². The molecule has 0 saturated carbocycles. The van der Waals surface area contributed by atoms with Gasteiger partial charge in [-0.2, -0.15) is 0 Å². The van der Waals surface area contributed by atoms with Crippen molar-refractivity contribution in [3.63, 3.8) is 0 Å². The maximum atomic E-state index is 10.8. The molecule has 0 spiro atoms. The Kier molecular flexibility index (Phi) is 7.42. The van der Waals surface area contributed by atoms with Crippen molar-refractivity contribution in [2.45, 2.75) is 26.7 Å². The van der Waals surface area contributed by atoms with Gasteiger partial charge in [-0.3, -0.25) is 4.79 Å². The van der Waals surface area contributed by atoms with Gasteiger partial charge in [0, 0.05) is 6.08 Å². The second-order valence-corrected chi connectivity index (χ2v) is 2.74. The zero-order chi connectivity index (χ0) is 10.8. The van der Waals surface area contributed by atoms with Crippen molar-refractivity contribution in [1.29, 1.82) is 0 Å². The first kappa shape index (κ1) is 12.6. The molecule has 3 nitrogen and oxygen atoms in total. The molecule has 0 amide bonds. The number of hydrogen-bond donors (Lipinski definition) is 0. The summed E-state index contributed by atoms with van der Waals surface area (Å²) in [5.74, 6) is -0.276. The Morgan fingerprint density at radius 3 is 2.21 bits per heavy atom. The molecule has 0 aliphatic rings. The number of rotatable bonds is 6. The number of ether oxygens (including phenoxy) is 1. The molecule has 0 heterocycles. The molecule has 0 N–H and O–H groups in total. The zero-order valence-corrected chi connectivity index (χ0v) is 8.66. The molecule has 0 bridgehead atoms. The summed E-state index contributed by atoms with van der Waals surface area (Å²) in [5, 5.41) is 0. The molecule has 0 fully saturated rings. The Hall–Kier alpha value is -1.38. The lowest BCUT2D eigenvalue weighted by Gasteiger charge is -1.93. The Balaban J connectivity index is 3.53. The largest absolute Gasteiger partial charge is 0.463 e. The molecule has 0 aliphatic carbocycles. The van der Waals surface area contributed by atoms with Gasteiger partial charge in [0.25, 0.3) is 0 Å². The van der Waals surface area contributed by atoms with E-state index in [9.17, 15) is 9.59 Å². The average Bonchev–Trinajstić information content (AvgIpc) is 2.11. The number of carbonyl (C=O) groups excluding carboxylic acids is 2. The van der Waals surface area contributed by atoms with Gasteiger partial charge in [0.05, 0.1) is 6.61 Å². The number of unbranched alkanes of at least 4 members (excludes halogenated alkanes) is 1. The minimum atomic E-state index is -0.317. The maximum Gasteiger partial charge on any atom is 0.330 e. The van der Waals surface area contributed by atoms with E-state index in [-0.39, 0.29) is 11.8 Å². The molecule has 0 aromatic carbocycles. The van der Waals surface area contributed by atoms with Crippen LogP contribution in [0.15, 0.2) is 24.3 Å². The van der Waals surface area contributed by atoms with Crippen molar-refractivity contribution in [3.8, 4) is 0 Å². The predicted octanol–water partition coefficient (Wildman–Crippen LogP) is 2.03. The van der Waals surface area contributed by atoms with Crippen LogP contribution in [0.4, 0.5) is 0 Å². The van der Waals surface area contributed by atoms with Gasteiger partial charge >= 0.3 is 5.97 Å². The molecule has 0 aliphatic heterocycles. The van der Waals surface area contributed by atoms with E-state index in [4.69, 9.17) is 0 Å². The highest BCUT2D eigenvalue weighted by Crippen LogP contribution is 1.93. The van der Waals surface area contributed by atoms with Crippen molar-refractivity contribution in [2.75, 3.05) is 6.61 Å². The molecule has 0 atom stereocenters. The molecule has 0 aromatic rings. The first-order valence-corrected chi connectivity index (χ1v) is 4.67. The lowest BCUT2D eigenvalue weighted by atomic mass is 10.2. The third-order valence-electron chi connectivity index (χ3n) is 1.39. The lowest BCUT2D eigenvalue weighted by molar-refractivity contribution is -0.137. The van der Waals surface area contributed by atoms with Crippen molar-refractivity contribution in [2.24, 2.45) is 0 Å². The normalized spacial score (nSPS) is 11.0. The summed E-state index contributed by atoms with van der Waals surface area (Å²) in [6.07, 6.45) is 7.96. The minimum absolute atomic E-state index is 0.0411. The fourth-order valence-electron chi connectivity index (χ4n) is 0.812. The number of hydrogen-bond acceptors (Lipinski definition) is 3. The quantitative estimate of drug-likeness (QED) is 0.371. The summed E-state index contributed by atoms with van der Waals surface area (Å²) in [5.41, 5.74) is 0. The highest BCUT2D eigenvalue weighted by molar-refractivity contribution is 5.87. The van der Waals surface area contributed by atoms with Crippen LogP contribution in [0.5, 0.6) is 0 Å². The molecule has 78 valence electrons. The monoisotopic (exact) mass is 196 g/mol. The summed E-state index contributed by atoms with van der Waals surface area (Å²) in [4.78, 5) is 21.3. The molecule has 14 heavy (non-hydrogen) atoms. The average molecular weight is 196 g/mol. The van der Waals surface area contributed by atoms with Gasteiger partial charge in [-0.25, -0.2) is 4.79 Å². The fraction of sp³-hybridized carbons (Fsp3) is 0.455. The smallest absolute Gasteiger partial charge is 0.330 e. The van der Waals surface area contributed by atoms with Gasteiger partial charge in [-0.05, 0) is 32.8 Å². The maximum absolute atomic E-state index is 10.8. The Morgan fingerprint density at radius 2 is 1.71 bits per heavy atom. The Labute approximate surface area is 84.4 Å². The van der Waals surface area contributed by atoms with Crippen LogP contribution >= 0.6 is 0 Å². The molecular weight excluding hydrogens is 180 g/mol. The molecule has 0 saturated heterocycles. The van der Waals surface area contributed by atoms with E-state index >= 15 is 0 Å². The van der Waals surface area contributed by atoms with E-state index in [0.717, 1.165) is 12.8 Å². The van der Waals surface area contributed by atoms with Gasteiger partial charge in [0.15, 0.2) is 5.78 Å². The Morgan fingerprint density at radius 1 is 1.14 bits per heavy atom. The third kappa shape index (κ3) is 8.71. The van der Waals surface area contributed by atoms with E-state index < -0.39 is 0 Å². The van der Waals surface area contributed by atoms with Gasteiger partial charge in [-0.1, -0.05) is 12.2 Å². The first-order valence-electron chi connectivity index (χ1n) is 4.67. The van der Waals surface area contributed by atoms with Crippen molar-refractivity contribution in [1.82, 2.24) is 0 Å². The number of carbonyl (C=O) groups is 2. The van der Waals surface area contributed by atoms with Gasteiger partial charge in [0.1, 0.15) is 0 Å². The van der Waals surface area contributed by atoms with E-state index in [2.05, 4.69) is 4.74 Å². The number of allylic oxidation sites excluding steroid dienone is 3. The van der Waals surface area contributed by atoms with E-state index in [1.165, 1.54) is 19.1 Å². The third-order valence-corrected chi connectivity index (χ3v) is 1.39. The molecular formula is C11H16O3. The van der Waals surface area contributed by atoms with Crippen LogP contribution in [-0.2, 0) is 14.3 Å². The standard InChI is InChI=1S/C11H16O3/c1-3-14-11(13)9-7-5-4-6-8-10(2)12/h6-9H,3-5H2,1-2H3/b8-6+,9-7+. The summed E-state index contributed by atoms with van der Waals surface area (Å²) in [6.45, 7) is 3.67. The molecule has 0 aromatic heterocycles. The lowest BCUT2D eigenvalue weighted by Crippen LogP contribution is -1.98. The second-order valence-electron chi connectivity index (χ2n) is 2.74. The van der Waals surface area contributed by atoms with Gasteiger partial charge in [-0.15, -0.1) is 0 Å². The summed E-state index contributed by atoms with van der Waals surface area (Å²) in [6, 6.07) is 0. The minimum Gasteiger partial charge on any atom is -0.463 e. The van der Waals surface area contributed by atoms with Gasteiger partial charge in [0.2, 0.25) is 0 Å². The molecule has 0 rings (SSSR count). The van der Waals surface area contributed by atoms with E-state index in [1.54, 1.807) is 19.1 Å². The van der Waals surface area contributed by atoms with E-state index in [0.29, 0.717) is 6.61 Å². The zero-order valence-electron chi connectivity index (χ0n) is 8.66. The van der Waals surface area contributed by atoms with E-state index in [1.807, 2.05) is 0 Å². The van der Waals surface area contributed by atoms with Crippen molar-refractivity contribution in [3.05, 3.63) is 24.3 Å². The Bertz CT molecular complexity index is 239. The van der Waals surface area contributed by atoms with Crippen LogP contribution in [0.1, 0.15) is 26.7 Å². The highest BCUT2D eigenvalue weighted by atomic mass is 16.5. The molecule has 0 unspecified atom stereocenters. The number of esters is 1. The molecule has 3 heteroatoms.